The largest absolute Gasteiger partial charge is 0.251 e. The van der Waals surface area contributed by atoms with E-state index in [1.165, 1.54) is 6.92 Å². The maximum absolute atomic E-state index is 12.4. The molecule has 0 radical (unpaired) electrons. The van der Waals surface area contributed by atoms with Gasteiger partial charge in [0.2, 0.25) is 0 Å². The van der Waals surface area contributed by atoms with Crippen LogP contribution in [0.25, 0.3) is 0 Å². The van der Waals surface area contributed by atoms with Crippen molar-refractivity contribution in [1.29, 1.82) is 0 Å². The average molecular weight is 164 g/mol. The van der Waals surface area contributed by atoms with Crippen molar-refractivity contribution in [2.45, 2.75) is 25.7 Å². The zero-order valence-corrected chi connectivity index (χ0v) is 6.41. The van der Waals surface area contributed by atoms with Gasteiger partial charge in [-0.3, -0.25) is 0 Å². The summed E-state index contributed by atoms with van der Waals surface area (Å²) in [6.07, 6.45) is 1.39. The van der Waals surface area contributed by atoms with Gasteiger partial charge in [0.1, 0.15) is 5.83 Å². The van der Waals surface area contributed by atoms with E-state index in [-0.39, 0.29) is 6.42 Å². The Balaban J connectivity index is 3.78. The summed E-state index contributed by atoms with van der Waals surface area (Å²) in [5.74, 6) is -3.41. The molecule has 3 heteroatoms. The van der Waals surface area contributed by atoms with Crippen molar-refractivity contribution in [3.8, 4) is 0 Å². The van der Waals surface area contributed by atoms with E-state index in [4.69, 9.17) is 0 Å². The maximum Gasteiger partial charge on any atom is 0.251 e. The van der Waals surface area contributed by atoms with Crippen LogP contribution in [0.5, 0.6) is 0 Å². The molecule has 0 spiro atoms. The molecule has 0 nitrogen and oxygen atoms in total. The molecule has 0 aliphatic carbocycles. The molecule has 0 heterocycles. The molecule has 0 fully saturated rings. The quantitative estimate of drug-likeness (QED) is 0.558. The highest BCUT2D eigenvalue weighted by Crippen LogP contribution is 2.22. The van der Waals surface area contributed by atoms with Gasteiger partial charge in [0.05, 0.1) is 0 Å². The van der Waals surface area contributed by atoms with Crippen LogP contribution in [0.15, 0.2) is 24.6 Å². The fourth-order valence-corrected chi connectivity index (χ4v) is 0.504. The molecule has 0 saturated heterocycles. The zero-order chi connectivity index (χ0) is 8.91. The smallest absolute Gasteiger partial charge is 0.208 e. The molecule has 0 amide bonds. The summed E-state index contributed by atoms with van der Waals surface area (Å²) >= 11 is 0. The lowest BCUT2D eigenvalue weighted by Gasteiger charge is -2.09. The van der Waals surface area contributed by atoms with E-state index in [1.54, 1.807) is 0 Å². The predicted octanol–water partition coefficient (Wildman–Crippen LogP) is 3.46. The lowest BCUT2D eigenvalue weighted by atomic mass is 10.2. The molecule has 0 aromatic heterocycles. The summed E-state index contributed by atoms with van der Waals surface area (Å²) in [7, 11) is 0. The van der Waals surface area contributed by atoms with E-state index in [0.717, 1.165) is 12.2 Å². The lowest BCUT2D eigenvalue weighted by molar-refractivity contribution is 0.000544. The molecular weight excluding hydrogens is 153 g/mol. The van der Waals surface area contributed by atoms with Crippen molar-refractivity contribution in [2.24, 2.45) is 0 Å². The molecule has 0 aliphatic rings. The minimum Gasteiger partial charge on any atom is -0.208 e. The van der Waals surface area contributed by atoms with Crippen molar-refractivity contribution >= 4 is 0 Å². The third kappa shape index (κ3) is 5.70. The van der Waals surface area contributed by atoms with Gasteiger partial charge in [-0.1, -0.05) is 19.6 Å². The molecule has 0 rings (SSSR count). The van der Waals surface area contributed by atoms with Gasteiger partial charge >= 0.3 is 0 Å². The first kappa shape index (κ1) is 10.3. The Labute approximate surface area is 64.4 Å². The van der Waals surface area contributed by atoms with Gasteiger partial charge < -0.3 is 0 Å². The minimum absolute atomic E-state index is 0.226. The first-order valence-electron chi connectivity index (χ1n) is 3.36. The number of hydrogen-bond donors (Lipinski definition) is 0. The van der Waals surface area contributed by atoms with E-state index in [0.29, 0.717) is 0 Å². The predicted molar refractivity (Wildman–Crippen MR) is 39.2 cm³/mol. The molecule has 11 heavy (non-hydrogen) atoms. The Hall–Kier alpha value is -0.730. The number of hydrogen-bond acceptors (Lipinski definition) is 0. The molecule has 0 saturated carbocycles. The number of rotatable bonds is 4. The number of alkyl halides is 2. The molecule has 0 aliphatic heterocycles. The number of allylic oxidation sites excluding steroid dienone is 3. The molecule has 0 atom stereocenters. The highest BCUT2D eigenvalue weighted by molar-refractivity contribution is 5.06. The van der Waals surface area contributed by atoms with Gasteiger partial charge in [0.15, 0.2) is 0 Å². The summed E-state index contributed by atoms with van der Waals surface area (Å²) < 4.78 is 36.7. The highest BCUT2D eigenvalue weighted by atomic mass is 19.3. The van der Waals surface area contributed by atoms with E-state index >= 15 is 0 Å². The van der Waals surface area contributed by atoms with Crippen LogP contribution in [0, 0.1) is 0 Å². The van der Waals surface area contributed by atoms with Crippen LogP contribution in [-0.4, -0.2) is 5.92 Å². The average Bonchev–Trinajstić information content (AvgIpc) is 1.87. The van der Waals surface area contributed by atoms with Gasteiger partial charge in [-0.2, -0.15) is 0 Å². The Morgan fingerprint density at radius 2 is 2.09 bits per heavy atom. The number of halogens is 3. The molecule has 0 unspecified atom stereocenters. The Morgan fingerprint density at radius 1 is 1.55 bits per heavy atom. The van der Waals surface area contributed by atoms with Crippen molar-refractivity contribution in [3.63, 3.8) is 0 Å². The van der Waals surface area contributed by atoms with E-state index in [9.17, 15) is 13.2 Å². The van der Waals surface area contributed by atoms with Crippen LogP contribution in [0.4, 0.5) is 13.2 Å². The van der Waals surface area contributed by atoms with Crippen molar-refractivity contribution < 1.29 is 13.2 Å². The minimum atomic E-state index is -2.72. The van der Waals surface area contributed by atoms with E-state index in [2.05, 4.69) is 6.58 Å². The SMILES string of the molecule is C=C(F)C=CCC(F)(F)CC. The molecule has 64 valence electrons. The van der Waals surface area contributed by atoms with Gasteiger partial charge in [-0.05, 0) is 6.08 Å². The standard InChI is InChI=1S/C8H11F3/c1-3-8(10,11)6-4-5-7(2)9/h4-5H,2-3,6H2,1H3. The second kappa shape index (κ2) is 4.21. The monoisotopic (exact) mass is 164 g/mol. The third-order valence-electron chi connectivity index (χ3n) is 1.23. The lowest BCUT2D eigenvalue weighted by Crippen LogP contribution is -2.11. The Kier molecular flexibility index (Phi) is 3.93. The van der Waals surface area contributed by atoms with Crippen LogP contribution in [-0.2, 0) is 0 Å². The fraction of sp³-hybridized carbons (Fsp3) is 0.500. The van der Waals surface area contributed by atoms with Crippen LogP contribution < -0.4 is 0 Å². The first-order valence-corrected chi connectivity index (χ1v) is 3.36. The molecule has 0 aromatic carbocycles. The summed E-state index contributed by atoms with van der Waals surface area (Å²) in [6, 6.07) is 0. The summed E-state index contributed by atoms with van der Waals surface area (Å²) in [5, 5.41) is 0. The van der Waals surface area contributed by atoms with E-state index in [1.807, 2.05) is 0 Å². The summed E-state index contributed by atoms with van der Waals surface area (Å²) in [4.78, 5) is 0. The van der Waals surface area contributed by atoms with Gasteiger partial charge in [-0.25, -0.2) is 13.2 Å². The van der Waals surface area contributed by atoms with Crippen molar-refractivity contribution in [2.75, 3.05) is 0 Å². The molecular formula is C8H11F3. The second-order valence-electron chi connectivity index (χ2n) is 2.26. The molecule has 0 aromatic rings. The van der Waals surface area contributed by atoms with Gasteiger partial charge in [0, 0.05) is 12.8 Å². The Morgan fingerprint density at radius 3 is 2.45 bits per heavy atom. The Bertz CT molecular complexity index is 159. The van der Waals surface area contributed by atoms with Crippen LogP contribution in [0.2, 0.25) is 0 Å². The summed E-state index contributed by atoms with van der Waals surface area (Å²) in [5.41, 5.74) is 0. The van der Waals surface area contributed by atoms with Gasteiger partial charge in [-0.15, -0.1) is 0 Å². The fourth-order valence-electron chi connectivity index (χ4n) is 0.504. The zero-order valence-electron chi connectivity index (χ0n) is 6.41. The second-order valence-corrected chi connectivity index (χ2v) is 2.26. The normalized spacial score (nSPS) is 12.4. The van der Waals surface area contributed by atoms with Crippen molar-refractivity contribution in [1.82, 2.24) is 0 Å². The van der Waals surface area contributed by atoms with Crippen LogP contribution >= 0.6 is 0 Å². The molecule has 0 N–H and O–H groups in total. The van der Waals surface area contributed by atoms with Crippen LogP contribution in [0.1, 0.15) is 19.8 Å². The first-order chi connectivity index (χ1) is 4.98. The van der Waals surface area contributed by atoms with Gasteiger partial charge in [0.25, 0.3) is 5.92 Å². The topological polar surface area (TPSA) is 0 Å². The van der Waals surface area contributed by atoms with Crippen LogP contribution in [0.3, 0.4) is 0 Å². The third-order valence-corrected chi connectivity index (χ3v) is 1.23. The maximum atomic E-state index is 12.4. The molecule has 0 bridgehead atoms. The summed E-state index contributed by atoms with van der Waals surface area (Å²) in [6.45, 7) is 4.29. The van der Waals surface area contributed by atoms with E-state index < -0.39 is 18.2 Å². The van der Waals surface area contributed by atoms with Crippen molar-refractivity contribution in [3.05, 3.63) is 24.6 Å². The highest BCUT2D eigenvalue weighted by Gasteiger charge is 2.23.